The molecule has 36 valence electrons. The van der Waals surface area contributed by atoms with Crippen molar-refractivity contribution >= 4 is 16.2 Å². The molecule has 0 aliphatic carbocycles. The molecule has 0 aromatic carbocycles. The Hall–Kier alpha value is 0.636. The maximum absolute atomic E-state index is 2.43. The second kappa shape index (κ2) is 2.75. The SMILES string of the molecule is C[CH](C)[Ga]([CH3])[CH3]. The van der Waals surface area contributed by atoms with Crippen molar-refractivity contribution in [1.29, 1.82) is 0 Å². The molecule has 0 aromatic rings. The van der Waals surface area contributed by atoms with Crippen molar-refractivity contribution in [2.24, 2.45) is 0 Å². The molecule has 0 unspecified atom stereocenters. The first-order valence-electron chi connectivity index (χ1n) is 2.64. The molecule has 0 aliphatic rings. The second-order valence-corrected chi connectivity index (χ2v) is 10.5. The van der Waals surface area contributed by atoms with Crippen LogP contribution in [0.5, 0.6) is 0 Å². The molecular weight excluding hydrogens is 130 g/mol. The molecule has 1 heteroatoms. The molecule has 0 saturated heterocycles. The van der Waals surface area contributed by atoms with E-state index in [4.69, 9.17) is 0 Å². The van der Waals surface area contributed by atoms with Gasteiger partial charge in [0, 0.05) is 0 Å². The van der Waals surface area contributed by atoms with Crippen LogP contribution in [0.15, 0.2) is 0 Å². The van der Waals surface area contributed by atoms with Gasteiger partial charge < -0.3 is 0 Å². The predicted molar refractivity (Wildman–Crippen MR) is 32.6 cm³/mol. The van der Waals surface area contributed by atoms with Gasteiger partial charge in [-0.1, -0.05) is 0 Å². The number of rotatable bonds is 1. The van der Waals surface area contributed by atoms with E-state index in [1.165, 1.54) is 0 Å². The molecule has 0 N–H and O–H groups in total. The van der Waals surface area contributed by atoms with Crippen LogP contribution in [0.3, 0.4) is 0 Å². The first kappa shape index (κ1) is 6.64. The fourth-order valence-electron chi connectivity index (χ4n) is 0. The van der Waals surface area contributed by atoms with Crippen molar-refractivity contribution in [2.45, 2.75) is 29.3 Å². The Bertz CT molecular complexity index is 24.9. The van der Waals surface area contributed by atoms with E-state index in [9.17, 15) is 0 Å². The molecule has 0 fully saturated rings. The fourth-order valence-corrected chi connectivity index (χ4v) is 0. The number of hydrogen-bond acceptors (Lipinski definition) is 0. The van der Waals surface area contributed by atoms with Crippen molar-refractivity contribution in [3.8, 4) is 0 Å². The molecule has 0 atom stereocenters. The van der Waals surface area contributed by atoms with E-state index in [1.807, 2.05) is 0 Å². The van der Waals surface area contributed by atoms with Gasteiger partial charge in [0.25, 0.3) is 0 Å². The van der Waals surface area contributed by atoms with E-state index in [0.717, 1.165) is 4.47 Å². The monoisotopic (exact) mass is 142 g/mol. The van der Waals surface area contributed by atoms with Crippen LogP contribution in [-0.2, 0) is 0 Å². The van der Waals surface area contributed by atoms with Gasteiger partial charge in [-0.25, -0.2) is 0 Å². The van der Waals surface area contributed by atoms with Gasteiger partial charge in [0.2, 0.25) is 0 Å². The van der Waals surface area contributed by atoms with E-state index < -0.39 is 16.2 Å². The van der Waals surface area contributed by atoms with Gasteiger partial charge in [-0.15, -0.1) is 0 Å². The Morgan fingerprint density at radius 1 is 1.17 bits per heavy atom. The van der Waals surface area contributed by atoms with Crippen LogP contribution in [0.1, 0.15) is 13.8 Å². The van der Waals surface area contributed by atoms with Crippen LogP contribution < -0.4 is 0 Å². The van der Waals surface area contributed by atoms with Crippen LogP contribution in [0.25, 0.3) is 0 Å². The predicted octanol–water partition coefficient (Wildman–Crippen LogP) is 2.15. The summed E-state index contributed by atoms with van der Waals surface area (Å²) in [5.41, 5.74) is 4.86. The summed E-state index contributed by atoms with van der Waals surface area (Å²) < 4.78 is 1.04. The summed E-state index contributed by atoms with van der Waals surface area (Å²) in [4.78, 5) is 0. The molecule has 0 rings (SSSR count). The Balaban J connectivity index is 2.99. The minimum absolute atomic E-state index is 0.627. The van der Waals surface area contributed by atoms with E-state index >= 15 is 0 Å². The maximum atomic E-state index is 2.43. The molecule has 0 aromatic heterocycles. The number of hydrogen-bond donors (Lipinski definition) is 0. The summed E-state index contributed by atoms with van der Waals surface area (Å²) >= 11 is -0.627. The summed E-state index contributed by atoms with van der Waals surface area (Å²) in [6.07, 6.45) is 0. The molecule has 0 heterocycles. The molecule has 6 heavy (non-hydrogen) atoms. The van der Waals surface area contributed by atoms with Gasteiger partial charge in [-0.05, 0) is 0 Å². The zero-order valence-corrected chi connectivity index (χ0v) is 7.58. The van der Waals surface area contributed by atoms with Crippen LogP contribution in [0, 0.1) is 0 Å². The first-order valence-corrected chi connectivity index (χ1v) is 8.89. The minimum atomic E-state index is -0.627. The quantitative estimate of drug-likeness (QED) is 0.493. The van der Waals surface area contributed by atoms with Crippen molar-refractivity contribution in [2.75, 3.05) is 0 Å². The molecule has 0 nitrogen and oxygen atoms in total. The normalized spacial score (nSPS) is 9.50. The molecule has 0 bridgehead atoms. The van der Waals surface area contributed by atoms with Gasteiger partial charge in [-0.2, -0.15) is 0 Å². The standard InChI is InChI=1S/C3H7.2CH3.Ga/c1-3-2;;;/h3H,1-2H3;2*1H3;. The average molecular weight is 143 g/mol. The zero-order valence-electron chi connectivity index (χ0n) is 5.15. The Morgan fingerprint density at radius 3 is 1.33 bits per heavy atom. The van der Waals surface area contributed by atoms with Crippen LogP contribution in [-0.4, -0.2) is 16.2 Å². The Labute approximate surface area is 46.0 Å². The van der Waals surface area contributed by atoms with E-state index in [-0.39, 0.29) is 0 Å². The van der Waals surface area contributed by atoms with Crippen molar-refractivity contribution in [1.82, 2.24) is 0 Å². The molecule has 0 radical (unpaired) electrons. The van der Waals surface area contributed by atoms with Gasteiger partial charge in [-0.3, -0.25) is 0 Å². The fraction of sp³-hybridized carbons (Fsp3) is 1.00. The summed E-state index contributed by atoms with van der Waals surface area (Å²) in [5.74, 6) is 0. The molecule has 0 saturated carbocycles. The van der Waals surface area contributed by atoms with E-state index in [1.54, 1.807) is 0 Å². The van der Waals surface area contributed by atoms with Crippen molar-refractivity contribution < 1.29 is 0 Å². The average Bonchev–Trinajstić information content (AvgIpc) is 1.36. The Morgan fingerprint density at radius 2 is 1.33 bits per heavy atom. The third-order valence-electron chi connectivity index (χ3n) is 1.33. The topological polar surface area (TPSA) is 0 Å². The second-order valence-electron chi connectivity index (χ2n) is 2.49. The zero-order chi connectivity index (χ0) is 5.15. The summed E-state index contributed by atoms with van der Waals surface area (Å²) in [7, 11) is 0. The molecule has 0 amide bonds. The molecule has 0 aliphatic heterocycles. The van der Waals surface area contributed by atoms with Crippen molar-refractivity contribution in [3.05, 3.63) is 0 Å². The van der Waals surface area contributed by atoms with E-state index in [0.29, 0.717) is 0 Å². The molecule has 0 spiro atoms. The summed E-state index contributed by atoms with van der Waals surface area (Å²) in [5, 5.41) is 0. The van der Waals surface area contributed by atoms with Gasteiger partial charge in [0.1, 0.15) is 0 Å². The summed E-state index contributed by atoms with van der Waals surface area (Å²) in [6.45, 7) is 4.65. The van der Waals surface area contributed by atoms with Crippen LogP contribution in [0.2, 0.25) is 15.4 Å². The van der Waals surface area contributed by atoms with Gasteiger partial charge in [0.15, 0.2) is 0 Å². The van der Waals surface area contributed by atoms with Crippen molar-refractivity contribution in [3.63, 3.8) is 0 Å². The van der Waals surface area contributed by atoms with Crippen LogP contribution in [0.4, 0.5) is 0 Å². The van der Waals surface area contributed by atoms with Gasteiger partial charge >= 0.3 is 45.5 Å². The third-order valence-corrected chi connectivity index (χ3v) is 6.93. The van der Waals surface area contributed by atoms with E-state index in [2.05, 4.69) is 24.8 Å². The first-order chi connectivity index (χ1) is 2.64. The Kier molecular flexibility index (Phi) is 3.04. The molecular formula is C5H13Ga. The summed E-state index contributed by atoms with van der Waals surface area (Å²) in [6, 6.07) is 0. The third kappa shape index (κ3) is 2.85. The van der Waals surface area contributed by atoms with Gasteiger partial charge in [0.05, 0.1) is 0 Å². The van der Waals surface area contributed by atoms with Crippen LogP contribution >= 0.6 is 0 Å².